The fraction of sp³-hybridized carbons (Fsp3) is 0.565. The topological polar surface area (TPSA) is 56.4 Å². The zero-order valence-electron chi connectivity index (χ0n) is 16.7. The van der Waals surface area contributed by atoms with Crippen molar-refractivity contribution in [3.63, 3.8) is 0 Å². The van der Waals surface area contributed by atoms with Gasteiger partial charge < -0.3 is 14.8 Å². The van der Waals surface area contributed by atoms with Crippen LogP contribution in [0.4, 0.5) is 4.39 Å². The van der Waals surface area contributed by atoms with E-state index in [1.54, 1.807) is 0 Å². The third-order valence-electron chi connectivity index (χ3n) is 7.20. The van der Waals surface area contributed by atoms with Gasteiger partial charge in [-0.1, -0.05) is 12.8 Å². The number of piperidine rings is 1. The zero-order chi connectivity index (χ0) is 20.0. The van der Waals surface area contributed by atoms with Crippen molar-refractivity contribution in [3.05, 3.63) is 35.8 Å². The van der Waals surface area contributed by atoms with E-state index in [1.807, 2.05) is 22.1 Å². The summed E-state index contributed by atoms with van der Waals surface area (Å²) in [7, 11) is 0. The fourth-order valence-corrected chi connectivity index (χ4v) is 5.59. The second-order valence-electron chi connectivity index (χ2n) is 8.92. The molecular formula is C23H28FN3O2. The molecule has 0 bridgehead atoms. The number of hydrogen-bond acceptors (Lipinski definition) is 2. The summed E-state index contributed by atoms with van der Waals surface area (Å²) in [4.78, 5) is 32.6. The highest BCUT2D eigenvalue weighted by Crippen LogP contribution is 2.35. The molecule has 1 aliphatic carbocycles. The van der Waals surface area contributed by atoms with Gasteiger partial charge in [-0.15, -0.1) is 0 Å². The van der Waals surface area contributed by atoms with Crippen LogP contribution >= 0.6 is 0 Å². The summed E-state index contributed by atoms with van der Waals surface area (Å²) >= 11 is 0. The van der Waals surface area contributed by atoms with Crippen molar-refractivity contribution in [1.82, 2.24) is 14.8 Å². The van der Waals surface area contributed by atoms with Crippen LogP contribution in [0.3, 0.4) is 0 Å². The number of carbonyl (C=O) groups excluding carboxylic acids is 2. The lowest BCUT2D eigenvalue weighted by atomic mass is 9.88. The Labute approximate surface area is 170 Å². The van der Waals surface area contributed by atoms with E-state index in [-0.39, 0.29) is 23.5 Å². The lowest BCUT2D eigenvalue weighted by Gasteiger charge is -2.33. The number of benzene rings is 1. The van der Waals surface area contributed by atoms with Gasteiger partial charge in [-0.2, -0.15) is 0 Å². The number of nitrogens with one attached hydrogen (secondary N) is 1. The highest BCUT2D eigenvalue weighted by atomic mass is 19.1. The van der Waals surface area contributed by atoms with Crippen LogP contribution in [0.5, 0.6) is 0 Å². The molecule has 1 aromatic heterocycles. The van der Waals surface area contributed by atoms with E-state index in [4.69, 9.17) is 0 Å². The number of aromatic nitrogens is 1. The number of H-pyrrole nitrogens is 1. The van der Waals surface area contributed by atoms with E-state index in [0.29, 0.717) is 24.9 Å². The number of fused-ring (bicyclic) bond motifs is 1. The Morgan fingerprint density at radius 3 is 2.62 bits per heavy atom. The Hall–Kier alpha value is -2.37. The molecule has 2 saturated heterocycles. The van der Waals surface area contributed by atoms with Gasteiger partial charge in [0.1, 0.15) is 5.82 Å². The SMILES string of the molecule is O=C(C1CC(=O)N(C2CCCC2)C1)N1CCC(c2c[nH]c3cc(F)ccc23)CC1. The molecule has 1 N–H and O–H groups in total. The monoisotopic (exact) mass is 397 g/mol. The van der Waals surface area contributed by atoms with Crippen molar-refractivity contribution in [2.45, 2.75) is 56.9 Å². The minimum atomic E-state index is -0.232. The van der Waals surface area contributed by atoms with Gasteiger partial charge in [0.15, 0.2) is 0 Å². The number of nitrogens with zero attached hydrogens (tertiary/aromatic N) is 2. The van der Waals surface area contributed by atoms with Crippen LogP contribution < -0.4 is 0 Å². The van der Waals surface area contributed by atoms with Gasteiger partial charge in [-0.25, -0.2) is 4.39 Å². The zero-order valence-corrected chi connectivity index (χ0v) is 16.7. The minimum absolute atomic E-state index is 0.151. The lowest BCUT2D eigenvalue weighted by molar-refractivity contribution is -0.136. The Morgan fingerprint density at radius 2 is 1.86 bits per heavy atom. The van der Waals surface area contributed by atoms with Crippen LogP contribution in [0.1, 0.15) is 56.4 Å². The first-order chi connectivity index (χ1) is 14.1. The number of amides is 2. The van der Waals surface area contributed by atoms with Gasteiger partial charge in [-0.3, -0.25) is 9.59 Å². The first kappa shape index (κ1) is 18.6. The van der Waals surface area contributed by atoms with Crippen LogP contribution in [0, 0.1) is 11.7 Å². The molecule has 6 heteroatoms. The molecule has 1 unspecified atom stereocenters. The van der Waals surface area contributed by atoms with E-state index in [1.165, 1.54) is 30.5 Å². The molecule has 1 saturated carbocycles. The predicted molar refractivity (Wildman–Crippen MR) is 109 cm³/mol. The van der Waals surface area contributed by atoms with Crippen molar-refractivity contribution in [3.8, 4) is 0 Å². The smallest absolute Gasteiger partial charge is 0.227 e. The van der Waals surface area contributed by atoms with Gasteiger partial charge in [0.05, 0.1) is 5.92 Å². The molecule has 0 spiro atoms. The Morgan fingerprint density at radius 1 is 1.10 bits per heavy atom. The average Bonchev–Trinajstić information content (AvgIpc) is 3.46. The van der Waals surface area contributed by atoms with E-state index < -0.39 is 0 Å². The molecule has 3 heterocycles. The van der Waals surface area contributed by atoms with Crippen molar-refractivity contribution < 1.29 is 14.0 Å². The molecule has 5 nitrogen and oxygen atoms in total. The quantitative estimate of drug-likeness (QED) is 0.856. The first-order valence-electron chi connectivity index (χ1n) is 10.9. The summed E-state index contributed by atoms with van der Waals surface area (Å²) in [5, 5.41) is 1.07. The maximum atomic E-state index is 13.4. The third kappa shape index (κ3) is 3.43. The highest BCUT2D eigenvalue weighted by molar-refractivity contribution is 5.89. The largest absolute Gasteiger partial charge is 0.361 e. The van der Waals surface area contributed by atoms with Gasteiger partial charge >= 0.3 is 0 Å². The normalized spacial score (nSPS) is 24.2. The molecule has 29 heavy (non-hydrogen) atoms. The number of hydrogen-bond donors (Lipinski definition) is 1. The Bertz CT molecular complexity index is 925. The molecular weight excluding hydrogens is 369 g/mol. The van der Waals surface area contributed by atoms with Crippen LogP contribution in [0.25, 0.3) is 10.9 Å². The molecule has 5 rings (SSSR count). The number of rotatable bonds is 3. The molecule has 3 fully saturated rings. The Balaban J connectivity index is 1.21. The van der Waals surface area contributed by atoms with Crippen molar-refractivity contribution >= 4 is 22.7 Å². The molecule has 154 valence electrons. The third-order valence-corrected chi connectivity index (χ3v) is 7.20. The number of halogens is 1. The predicted octanol–water partition coefficient (Wildman–Crippen LogP) is 3.80. The summed E-state index contributed by atoms with van der Waals surface area (Å²) in [6.45, 7) is 2.06. The maximum Gasteiger partial charge on any atom is 0.227 e. The van der Waals surface area contributed by atoms with E-state index >= 15 is 0 Å². The van der Waals surface area contributed by atoms with Gasteiger partial charge in [0, 0.05) is 49.2 Å². The Kier molecular flexibility index (Phi) is 4.80. The first-order valence-corrected chi connectivity index (χ1v) is 10.9. The molecule has 3 aliphatic rings. The number of carbonyl (C=O) groups is 2. The maximum absolute atomic E-state index is 13.4. The van der Waals surface area contributed by atoms with Crippen molar-refractivity contribution in [2.24, 2.45) is 5.92 Å². The molecule has 1 aromatic carbocycles. The standard InChI is InChI=1S/C23H28FN3O2/c24-17-5-6-19-20(13-25-21(19)12-17)15-7-9-26(10-8-15)23(29)16-11-22(28)27(14-16)18-3-1-2-4-18/h5-6,12-13,15-16,18,25H,1-4,7-11,14H2. The summed E-state index contributed by atoms with van der Waals surface area (Å²) in [5.74, 6) is 0.285. The molecule has 1 atom stereocenters. The fourth-order valence-electron chi connectivity index (χ4n) is 5.59. The summed E-state index contributed by atoms with van der Waals surface area (Å²) in [5.41, 5.74) is 2.05. The number of aromatic amines is 1. The van der Waals surface area contributed by atoms with Crippen molar-refractivity contribution in [1.29, 1.82) is 0 Å². The lowest BCUT2D eigenvalue weighted by Crippen LogP contribution is -2.42. The highest BCUT2D eigenvalue weighted by Gasteiger charge is 2.40. The summed E-state index contributed by atoms with van der Waals surface area (Å²) in [6, 6.07) is 5.24. The second-order valence-corrected chi connectivity index (χ2v) is 8.92. The van der Waals surface area contributed by atoms with Gasteiger partial charge in [0.2, 0.25) is 11.8 Å². The molecule has 0 radical (unpaired) electrons. The molecule has 2 amide bonds. The summed E-state index contributed by atoms with van der Waals surface area (Å²) < 4.78 is 13.4. The second kappa shape index (κ2) is 7.47. The van der Waals surface area contributed by atoms with Crippen LogP contribution in [0.15, 0.2) is 24.4 Å². The van der Waals surface area contributed by atoms with Crippen LogP contribution in [-0.4, -0.2) is 52.3 Å². The van der Waals surface area contributed by atoms with E-state index in [0.717, 1.165) is 49.7 Å². The van der Waals surface area contributed by atoms with Gasteiger partial charge in [-0.05, 0) is 55.4 Å². The average molecular weight is 397 g/mol. The van der Waals surface area contributed by atoms with Crippen LogP contribution in [0.2, 0.25) is 0 Å². The van der Waals surface area contributed by atoms with Crippen LogP contribution in [-0.2, 0) is 9.59 Å². The molecule has 2 aromatic rings. The van der Waals surface area contributed by atoms with E-state index in [9.17, 15) is 14.0 Å². The molecule has 2 aliphatic heterocycles. The van der Waals surface area contributed by atoms with Gasteiger partial charge in [0.25, 0.3) is 0 Å². The van der Waals surface area contributed by atoms with Crippen molar-refractivity contribution in [2.75, 3.05) is 19.6 Å². The number of likely N-dealkylation sites (tertiary alicyclic amines) is 2. The minimum Gasteiger partial charge on any atom is -0.361 e. The summed E-state index contributed by atoms with van der Waals surface area (Å²) in [6.07, 6.45) is 8.75. The van der Waals surface area contributed by atoms with E-state index in [2.05, 4.69) is 4.98 Å².